The molecule has 0 spiro atoms. The molecule has 1 unspecified atom stereocenters. The molecule has 1 N–H and O–H groups in total. The molecule has 1 fully saturated rings. The second kappa shape index (κ2) is 6.90. The lowest BCUT2D eigenvalue weighted by Gasteiger charge is -2.22. The molecule has 0 bridgehead atoms. The fourth-order valence-corrected chi connectivity index (χ4v) is 3.20. The van der Waals surface area contributed by atoms with Gasteiger partial charge in [0, 0.05) is 0 Å². The van der Waals surface area contributed by atoms with E-state index in [1.54, 1.807) is 6.07 Å². The third-order valence-corrected chi connectivity index (χ3v) is 4.51. The number of benzene rings is 1. The van der Waals surface area contributed by atoms with Crippen LogP contribution in [0.4, 0.5) is 0 Å². The average molecular weight is 314 g/mol. The van der Waals surface area contributed by atoms with Crippen LogP contribution in [0.5, 0.6) is 5.75 Å². The highest BCUT2D eigenvalue weighted by atomic mass is 16.5. The van der Waals surface area contributed by atoms with Gasteiger partial charge in [0.1, 0.15) is 11.5 Å². The monoisotopic (exact) mass is 314 g/mol. The summed E-state index contributed by atoms with van der Waals surface area (Å²) in [7, 11) is 0. The number of hydrogen-bond donors (Lipinski definition) is 1. The zero-order valence-electron chi connectivity index (χ0n) is 13.3. The SMILES string of the molecule is CC(Oc1ccc(C2CCCCC2)cc1)c1ccc(C(=O)O)o1. The molecular formula is C19H22O4. The number of aromatic carboxylic acids is 1. The molecule has 1 aliphatic carbocycles. The van der Waals surface area contributed by atoms with Crippen molar-refractivity contribution in [1.29, 1.82) is 0 Å². The van der Waals surface area contributed by atoms with Gasteiger partial charge in [0.2, 0.25) is 5.76 Å². The van der Waals surface area contributed by atoms with Gasteiger partial charge in [-0.25, -0.2) is 4.79 Å². The van der Waals surface area contributed by atoms with Crippen LogP contribution in [0.1, 0.15) is 72.9 Å². The minimum absolute atomic E-state index is 0.0666. The Morgan fingerprint density at radius 1 is 1.13 bits per heavy atom. The molecule has 0 amide bonds. The molecule has 1 atom stereocenters. The van der Waals surface area contributed by atoms with E-state index in [9.17, 15) is 4.79 Å². The molecule has 4 nitrogen and oxygen atoms in total. The second-order valence-electron chi connectivity index (χ2n) is 6.17. The summed E-state index contributed by atoms with van der Waals surface area (Å²) < 4.78 is 11.1. The van der Waals surface area contributed by atoms with Gasteiger partial charge in [-0.15, -0.1) is 0 Å². The Kier molecular flexibility index (Phi) is 4.70. The third-order valence-electron chi connectivity index (χ3n) is 4.51. The molecule has 0 saturated heterocycles. The summed E-state index contributed by atoms with van der Waals surface area (Å²) in [6, 6.07) is 11.4. The summed E-state index contributed by atoms with van der Waals surface area (Å²) in [4.78, 5) is 10.8. The van der Waals surface area contributed by atoms with E-state index >= 15 is 0 Å². The molecule has 2 aromatic rings. The van der Waals surface area contributed by atoms with Gasteiger partial charge in [-0.1, -0.05) is 31.4 Å². The standard InChI is InChI=1S/C19H22O4/c1-13(17-11-12-18(23-17)19(20)21)22-16-9-7-15(8-10-16)14-5-3-2-4-6-14/h7-14H,2-6H2,1H3,(H,20,21). The van der Waals surface area contributed by atoms with Crippen LogP contribution < -0.4 is 4.74 Å². The van der Waals surface area contributed by atoms with Crippen molar-refractivity contribution in [2.75, 3.05) is 0 Å². The Morgan fingerprint density at radius 2 is 1.83 bits per heavy atom. The highest BCUT2D eigenvalue weighted by Gasteiger charge is 2.17. The highest BCUT2D eigenvalue weighted by molar-refractivity contribution is 5.84. The molecule has 4 heteroatoms. The molecule has 1 aromatic carbocycles. The van der Waals surface area contributed by atoms with Crippen LogP contribution in [-0.4, -0.2) is 11.1 Å². The molecule has 1 aromatic heterocycles. The van der Waals surface area contributed by atoms with Gasteiger partial charge in [-0.05, 0) is 55.5 Å². The maximum absolute atomic E-state index is 10.8. The summed E-state index contributed by atoms with van der Waals surface area (Å²) in [6.07, 6.45) is 6.23. The van der Waals surface area contributed by atoms with Gasteiger partial charge < -0.3 is 14.3 Å². The van der Waals surface area contributed by atoms with Gasteiger partial charge in [0.25, 0.3) is 0 Å². The lowest BCUT2D eigenvalue weighted by molar-refractivity contribution is 0.0655. The van der Waals surface area contributed by atoms with Crippen LogP contribution >= 0.6 is 0 Å². The molecule has 1 saturated carbocycles. The van der Waals surface area contributed by atoms with E-state index in [-0.39, 0.29) is 11.9 Å². The molecule has 1 aliphatic rings. The van der Waals surface area contributed by atoms with E-state index in [4.69, 9.17) is 14.3 Å². The van der Waals surface area contributed by atoms with Crippen LogP contribution in [0.2, 0.25) is 0 Å². The summed E-state index contributed by atoms with van der Waals surface area (Å²) >= 11 is 0. The quantitative estimate of drug-likeness (QED) is 0.827. The van der Waals surface area contributed by atoms with E-state index in [2.05, 4.69) is 12.1 Å². The van der Waals surface area contributed by atoms with E-state index in [1.807, 2.05) is 19.1 Å². The second-order valence-corrected chi connectivity index (χ2v) is 6.17. The predicted octanol–water partition coefficient (Wildman–Crippen LogP) is 5.17. The normalized spacial score (nSPS) is 16.9. The van der Waals surface area contributed by atoms with Gasteiger partial charge >= 0.3 is 5.97 Å². The number of hydrogen-bond acceptors (Lipinski definition) is 3. The first kappa shape index (κ1) is 15.7. The minimum Gasteiger partial charge on any atom is -0.483 e. The molecule has 0 radical (unpaired) electrons. The van der Waals surface area contributed by atoms with Gasteiger partial charge in [-0.2, -0.15) is 0 Å². The molecule has 23 heavy (non-hydrogen) atoms. The Labute approximate surface area is 136 Å². The van der Waals surface area contributed by atoms with Crippen LogP contribution in [0.25, 0.3) is 0 Å². The van der Waals surface area contributed by atoms with Crippen molar-refractivity contribution in [2.24, 2.45) is 0 Å². The van der Waals surface area contributed by atoms with Crippen molar-refractivity contribution >= 4 is 5.97 Å². The lowest BCUT2D eigenvalue weighted by Crippen LogP contribution is -2.05. The van der Waals surface area contributed by atoms with Gasteiger partial charge in [-0.3, -0.25) is 0 Å². The Morgan fingerprint density at radius 3 is 2.43 bits per heavy atom. The number of ether oxygens (including phenoxy) is 1. The maximum atomic E-state index is 10.8. The minimum atomic E-state index is -1.07. The van der Waals surface area contributed by atoms with Crippen molar-refractivity contribution in [3.63, 3.8) is 0 Å². The largest absolute Gasteiger partial charge is 0.483 e. The topological polar surface area (TPSA) is 59.7 Å². The first-order valence-corrected chi connectivity index (χ1v) is 8.23. The molecule has 3 rings (SSSR count). The van der Waals surface area contributed by atoms with Crippen LogP contribution in [-0.2, 0) is 0 Å². The van der Waals surface area contributed by atoms with Crippen LogP contribution in [0.15, 0.2) is 40.8 Å². The van der Waals surface area contributed by atoms with Gasteiger partial charge in [0.15, 0.2) is 6.10 Å². The number of rotatable bonds is 5. The van der Waals surface area contributed by atoms with Crippen molar-refractivity contribution < 1.29 is 19.1 Å². The van der Waals surface area contributed by atoms with Gasteiger partial charge in [0.05, 0.1) is 0 Å². The summed E-state index contributed by atoms with van der Waals surface area (Å²) in [5.74, 6) is 0.825. The summed E-state index contributed by atoms with van der Waals surface area (Å²) in [5.41, 5.74) is 1.39. The fraction of sp³-hybridized carbons (Fsp3) is 0.421. The number of carboxylic acids is 1. The number of carboxylic acid groups (broad SMARTS) is 1. The number of furan rings is 1. The predicted molar refractivity (Wildman–Crippen MR) is 87.0 cm³/mol. The zero-order valence-corrected chi connectivity index (χ0v) is 13.3. The van der Waals surface area contributed by atoms with Crippen LogP contribution in [0, 0.1) is 0 Å². The van der Waals surface area contributed by atoms with E-state index < -0.39 is 5.97 Å². The fourth-order valence-electron chi connectivity index (χ4n) is 3.20. The van der Waals surface area contributed by atoms with E-state index in [1.165, 1.54) is 43.7 Å². The summed E-state index contributed by atoms with van der Waals surface area (Å²) in [6.45, 7) is 1.85. The zero-order chi connectivity index (χ0) is 16.2. The van der Waals surface area contributed by atoms with Crippen molar-refractivity contribution in [1.82, 2.24) is 0 Å². The average Bonchev–Trinajstić information content (AvgIpc) is 3.07. The third kappa shape index (κ3) is 3.76. The van der Waals surface area contributed by atoms with Crippen molar-refractivity contribution in [3.8, 4) is 5.75 Å². The smallest absolute Gasteiger partial charge is 0.371 e. The molecule has 122 valence electrons. The summed E-state index contributed by atoms with van der Waals surface area (Å²) in [5, 5.41) is 8.89. The first-order valence-electron chi connectivity index (χ1n) is 8.23. The first-order chi connectivity index (χ1) is 11.1. The number of carbonyl (C=O) groups is 1. The Hall–Kier alpha value is -2.23. The van der Waals surface area contributed by atoms with Crippen LogP contribution in [0.3, 0.4) is 0 Å². The molecule has 1 heterocycles. The van der Waals surface area contributed by atoms with Crippen molar-refractivity contribution in [3.05, 3.63) is 53.5 Å². The Bertz CT molecular complexity index is 650. The Balaban J connectivity index is 1.63. The highest BCUT2D eigenvalue weighted by Crippen LogP contribution is 2.33. The molecular weight excluding hydrogens is 292 g/mol. The lowest BCUT2D eigenvalue weighted by atomic mass is 9.84. The maximum Gasteiger partial charge on any atom is 0.371 e. The van der Waals surface area contributed by atoms with E-state index in [0.717, 1.165) is 5.75 Å². The molecule has 0 aliphatic heterocycles. The van der Waals surface area contributed by atoms with E-state index in [0.29, 0.717) is 11.7 Å². The van der Waals surface area contributed by atoms with Crippen molar-refractivity contribution in [2.45, 2.75) is 51.0 Å².